The van der Waals surface area contributed by atoms with E-state index in [1.54, 1.807) is 4.90 Å². The molecule has 0 aromatic rings. The summed E-state index contributed by atoms with van der Waals surface area (Å²) in [5.74, 6) is -1.71. The molecule has 1 N–H and O–H groups in total. The molecule has 0 saturated heterocycles. The fourth-order valence-electron chi connectivity index (χ4n) is 2.63. The number of hydrogen-bond donors (Lipinski definition) is 1. The number of halogens is 3. The Hall–Kier alpha value is -0.780. The van der Waals surface area contributed by atoms with Crippen LogP contribution in [0.25, 0.3) is 0 Å². The number of aliphatic hydroxyl groups is 1. The molecule has 3 nitrogen and oxygen atoms in total. The highest BCUT2D eigenvalue weighted by molar-refractivity contribution is 5.79. The lowest BCUT2D eigenvalue weighted by molar-refractivity contribution is -0.185. The van der Waals surface area contributed by atoms with Crippen molar-refractivity contribution in [2.24, 2.45) is 11.8 Å². The maximum atomic E-state index is 12.5. The van der Waals surface area contributed by atoms with Gasteiger partial charge in [0.1, 0.15) is 0 Å². The van der Waals surface area contributed by atoms with E-state index >= 15 is 0 Å². The molecular formula is C13H22F3NO2. The van der Waals surface area contributed by atoms with Gasteiger partial charge in [-0.05, 0) is 39.5 Å². The predicted molar refractivity (Wildman–Crippen MR) is 65.4 cm³/mol. The molecule has 0 aliphatic heterocycles. The Morgan fingerprint density at radius 2 is 1.79 bits per heavy atom. The van der Waals surface area contributed by atoms with Crippen molar-refractivity contribution in [3.8, 4) is 0 Å². The molecule has 19 heavy (non-hydrogen) atoms. The van der Waals surface area contributed by atoms with Crippen LogP contribution in [0, 0.1) is 11.8 Å². The van der Waals surface area contributed by atoms with E-state index in [2.05, 4.69) is 0 Å². The van der Waals surface area contributed by atoms with Crippen molar-refractivity contribution in [2.45, 2.75) is 51.7 Å². The van der Waals surface area contributed by atoms with Crippen molar-refractivity contribution >= 4 is 5.91 Å². The number of amides is 1. The highest BCUT2D eigenvalue weighted by Crippen LogP contribution is 2.40. The van der Waals surface area contributed by atoms with Crippen LogP contribution in [-0.4, -0.2) is 41.3 Å². The van der Waals surface area contributed by atoms with Crippen LogP contribution in [0.15, 0.2) is 0 Å². The first-order valence-electron chi connectivity index (χ1n) is 6.75. The quantitative estimate of drug-likeness (QED) is 0.860. The number of carbonyl (C=O) groups excluding carboxylic acids is 1. The molecule has 0 unspecified atom stereocenters. The van der Waals surface area contributed by atoms with Gasteiger partial charge < -0.3 is 10.0 Å². The lowest BCUT2D eigenvalue weighted by atomic mass is 9.81. The fourth-order valence-corrected chi connectivity index (χ4v) is 2.63. The second-order valence-electron chi connectivity index (χ2n) is 5.44. The summed E-state index contributed by atoms with van der Waals surface area (Å²) in [4.78, 5) is 13.8. The van der Waals surface area contributed by atoms with Gasteiger partial charge in [-0.25, -0.2) is 0 Å². The van der Waals surface area contributed by atoms with Crippen molar-refractivity contribution < 1.29 is 23.1 Å². The standard InChI is InChI=1S/C13H22F3NO2/c1-9(2)17(7-8-18)12(19)10-3-5-11(6-4-10)13(14,15)16/h9-11,18H,3-8H2,1-2H3. The van der Waals surface area contributed by atoms with Crippen LogP contribution in [0.1, 0.15) is 39.5 Å². The monoisotopic (exact) mass is 281 g/mol. The van der Waals surface area contributed by atoms with Crippen molar-refractivity contribution in [3.05, 3.63) is 0 Å². The highest BCUT2D eigenvalue weighted by Gasteiger charge is 2.43. The maximum absolute atomic E-state index is 12.5. The van der Waals surface area contributed by atoms with E-state index < -0.39 is 12.1 Å². The van der Waals surface area contributed by atoms with E-state index in [9.17, 15) is 18.0 Å². The van der Waals surface area contributed by atoms with E-state index in [-0.39, 0.29) is 56.7 Å². The summed E-state index contributed by atoms with van der Waals surface area (Å²) in [6, 6.07) is -0.0417. The molecule has 1 amide bonds. The highest BCUT2D eigenvalue weighted by atomic mass is 19.4. The minimum atomic E-state index is -4.14. The van der Waals surface area contributed by atoms with Gasteiger partial charge in [0, 0.05) is 18.5 Å². The summed E-state index contributed by atoms with van der Waals surface area (Å²) in [6.07, 6.45) is -3.50. The first-order chi connectivity index (χ1) is 8.77. The molecule has 0 aromatic heterocycles. The summed E-state index contributed by atoms with van der Waals surface area (Å²) >= 11 is 0. The first-order valence-corrected chi connectivity index (χ1v) is 6.75. The summed E-state index contributed by atoms with van der Waals surface area (Å²) in [7, 11) is 0. The summed E-state index contributed by atoms with van der Waals surface area (Å²) < 4.78 is 37.6. The van der Waals surface area contributed by atoms with Crippen LogP contribution >= 0.6 is 0 Å². The number of rotatable bonds is 4. The van der Waals surface area contributed by atoms with Gasteiger partial charge >= 0.3 is 6.18 Å². The Kier molecular flexibility index (Phi) is 5.64. The van der Waals surface area contributed by atoms with Crippen molar-refractivity contribution in [3.63, 3.8) is 0 Å². The molecular weight excluding hydrogens is 259 g/mol. The number of aliphatic hydroxyl groups excluding tert-OH is 1. The third-order valence-electron chi connectivity index (χ3n) is 3.79. The topological polar surface area (TPSA) is 40.5 Å². The lowest BCUT2D eigenvalue weighted by Crippen LogP contribution is -2.44. The third kappa shape index (κ3) is 4.37. The Balaban J connectivity index is 2.56. The average molecular weight is 281 g/mol. The molecule has 112 valence electrons. The Morgan fingerprint density at radius 3 is 2.16 bits per heavy atom. The van der Waals surface area contributed by atoms with E-state index in [0.717, 1.165) is 0 Å². The van der Waals surface area contributed by atoms with Gasteiger partial charge in [-0.2, -0.15) is 13.2 Å². The molecule has 0 heterocycles. The van der Waals surface area contributed by atoms with Crippen LogP contribution in [0.2, 0.25) is 0 Å². The van der Waals surface area contributed by atoms with Gasteiger partial charge in [0.15, 0.2) is 0 Å². The Bertz CT molecular complexity index is 297. The molecule has 1 aliphatic rings. The van der Waals surface area contributed by atoms with Gasteiger partial charge in [0.25, 0.3) is 0 Å². The van der Waals surface area contributed by atoms with E-state index in [4.69, 9.17) is 5.11 Å². The second kappa shape index (κ2) is 6.59. The molecule has 0 aromatic carbocycles. The van der Waals surface area contributed by atoms with Crippen LogP contribution in [-0.2, 0) is 4.79 Å². The molecule has 0 bridgehead atoms. The van der Waals surface area contributed by atoms with E-state index in [1.807, 2.05) is 13.8 Å². The Labute approximate surface area is 111 Å². The molecule has 0 atom stereocenters. The molecule has 1 saturated carbocycles. The lowest BCUT2D eigenvalue weighted by Gasteiger charge is -2.34. The van der Waals surface area contributed by atoms with E-state index in [0.29, 0.717) is 0 Å². The number of carbonyl (C=O) groups is 1. The third-order valence-corrected chi connectivity index (χ3v) is 3.79. The van der Waals surface area contributed by atoms with Crippen molar-refractivity contribution in [2.75, 3.05) is 13.2 Å². The van der Waals surface area contributed by atoms with Gasteiger partial charge in [-0.3, -0.25) is 4.79 Å². The number of alkyl halides is 3. The van der Waals surface area contributed by atoms with Crippen molar-refractivity contribution in [1.29, 1.82) is 0 Å². The first kappa shape index (κ1) is 16.3. The zero-order valence-corrected chi connectivity index (χ0v) is 11.4. The summed E-state index contributed by atoms with van der Waals surface area (Å²) in [5, 5.41) is 8.94. The van der Waals surface area contributed by atoms with Gasteiger partial charge in [0.05, 0.1) is 12.5 Å². The molecule has 1 aliphatic carbocycles. The molecule has 6 heteroatoms. The number of hydrogen-bond acceptors (Lipinski definition) is 2. The normalized spacial score (nSPS) is 24.6. The largest absolute Gasteiger partial charge is 0.395 e. The molecule has 1 rings (SSSR count). The summed E-state index contributed by atoms with van der Waals surface area (Å²) in [6.45, 7) is 3.81. The second-order valence-corrected chi connectivity index (χ2v) is 5.44. The zero-order valence-electron chi connectivity index (χ0n) is 11.4. The van der Waals surface area contributed by atoms with Crippen LogP contribution < -0.4 is 0 Å². The fraction of sp³-hybridized carbons (Fsp3) is 0.923. The smallest absolute Gasteiger partial charge is 0.391 e. The molecule has 0 radical (unpaired) electrons. The van der Waals surface area contributed by atoms with Crippen LogP contribution in [0.3, 0.4) is 0 Å². The minimum absolute atomic E-state index is 0.0327. The average Bonchev–Trinajstić information content (AvgIpc) is 2.34. The van der Waals surface area contributed by atoms with Gasteiger partial charge in [0.2, 0.25) is 5.91 Å². The van der Waals surface area contributed by atoms with Crippen molar-refractivity contribution in [1.82, 2.24) is 4.90 Å². The predicted octanol–water partition coefficient (Wildman–Crippen LogP) is 2.58. The zero-order chi connectivity index (χ0) is 14.6. The molecule has 1 fully saturated rings. The molecule has 0 spiro atoms. The minimum Gasteiger partial charge on any atom is -0.395 e. The van der Waals surface area contributed by atoms with Crippen LogP contribution in [0.5, 0.6) is 0 Å². The SMILES string of the molecule is CC(C)N(CCO)C(=O)C1CCC(C(F)(F)F)CC1. The summed E-state index contributed by atoms with van der Waals surface area (Å²) in [5.41, 5.74) is 0. The Morgan fingerprint density at radius 1 is 1.26 bits per heavy atom. The van der Waals surface area contributed by atoms with Crippen LogP contribution in [0.4, 0.5) is 13.2 Å². The maximum Gasteiger partial charge on any atom is 0.391 e. The van der Waals surface area contributed by atoms with Gasteiger partial charge in [-0.15, -0.1) is 0 Å². The number of nitrogens with zero attached hydrogens (tertiary/aromatic N) is 1. The van der Waals surface area contributed by atoms with E-state index in [1.165, 1.54) is 0 Å². The van der Waals surface area contributed by atoms with Gasteiger partial charge in [-0.1, -0.05) is 0 Å².